The van der Waals surface area contributed by atoms with E-state index < -0.39 is 0 Å². The summed E-state index contributed by atoms with van der Waals surface area (Å²) in [5, 5.41) is 2.86. The summed E-state index contributed by atoms with van der Waals surface area (Å²) in [5.41, 5.74) is 7.26. The van der Waals surface area contributed by atoms with Crippen LogP contribution in [0.3, 0.4) is 0 Å². The molecule has 0 aliphatic rings. The first-order valence-corrected chi connectivity index (χ1v) is 8.48. The van der Waals surface area contributed by atoms with Crippen LogP contribution in [-0.4, -0.2) is 28.9 Å². The van der Waals surface area contributed by atoms with Crippen LogP contribution in [0.4, 0.5) is 0 Å². The van der Waals surface area contributed by atoms with Crippen LogP contribution < -0.4 is 5.73 Å². The van der Waals surface area contributed by atoms with E-state index in [1.165, 1.54) is 0 Å². The van der Waals surface area contributed by atoms with Gasteiger partial charge in [-0.2, -0.15) is 0 Å². The van der Waals surface area contributed by atoms with Crippen LogP contribution in [0.2, 0.25) is 0 Å². The second-order valence-corrected chi connectivity index (χ2v) is 6.47. The largest absolute Gasteiger partial charge is 0.333 e. The molecule has 0 radical (unpaired) electrons. The maximum Gasteiger partial charge on any atom is 0.273 e. The fourth-order valence-electron chi connectivity index (χ4n) is 2.15. The zero-order valence-electron chi connectivity index (χ0n) is 14.0. The number of aromatic nitrogens is 1. The lowest BCUT2D eigenvalue weighted by Crippen LogP contribution is -2.32. The lowest BCUT2D eigenvalue weighted by atomic mass is 10.2. The standard InChI is InChI=1S/C17H23N3OS.2ClH/c1-13(2)16-19-15(12-22-16)17(21)20(10-6-9-18)11-14-7-4-3-5-8-14;;/h3-5,7-8,12-13H,6,9-11,18H2,1-2H3;2*1H. The molecule has 7 heteroatoms. The number of nitrogens with two attached hydrogens (primary N) is 1. The Labute approximate surface area is 160 Å². The lowest BCUT2D eigenvalue weighted by molar-refractivity contribution is 0.0737. The van der Waals surface area contributed by atoms with Crippen molar-refractivity contribution in [2.24, 2.45) is 5.73 Å². The number of carbonyl (C=O) groups excluding carboxylic acids is 1. The van der Waals surface area contributed by atoms with Gasteiger partial charge < -0.3 is 10.6 Å². The Morgan fingerprint density at radius 1 is 1.25 bits per heavy atom. The third kappa shape index (κ3) is 6.40. The van der Waals surface area contributed by atoms with Gasteiger partial charge in [0.05, 0.1) is 5.01 Å². The maximum atomic E-state index is 12.7. The van der Waals surface area contributed by atoms with Gasteiger partial charge in [0.15, 0.2) is 0 Å². The molecule has 0 aliphatic carbocycles. The maximum absolute atomic E-state index is 12.7. The fourth-order valence-corrected chi connectivity index (χ4v) is 2.96. The Morgan fingerprint density at radius 2 is 1.92 bits per heavy atom. The highest BCUT2D eigenvalue weighted by atomic mass is 35.5. The Kier molecular flexibility index (Phi) is 10.9. The Bertz CT molecular complexity index is 605. The second-order valence-electron chi connectivity index (χ2n) is 5.58. The van der Waals surface area contributed by atoms with Crippen molar-refractivity contribution in [2.45, 2.75) is 32.7 Å². The molecule has 0 saturated carbocycles. The average molecular weight is 390 g/mol. The number of hydrogen-bond donors (Lipinski definition) is 1. The van der Waals surface area contributed by atoms with Gasteiger partial charge >= 0.3 is 0 Å². The zero-order chi connectivity index (χ0) is 15.9. The molecule has 0 aliphatic heterocycles. The predicted octanol–water partition coefficient (Wildman–Crippen LogP) is 4.10. The number of halogens is 2. The van der Waals surface area contributed by atoms with Crippen molar-refractivity contribution in [3.8, 4) is 0 Å². The first kappa shape index (κ1) is 22.9. The van der Waals surface area contributed by atoms with E-state index in [9.17, 15) is 4.79 Å². The van der Waals surface area contributed by atoms with E-state index in [4.69, 9.17) is 5.73 Å². The first-order chi connectivity index (χ1) is 10.6. The van der Waals surface area contributed by atoms with Gasteiger partial charge in [0, 0.05) is 24.4 Å². The molecule has 2 N–H and O–H groups in total. The van der Waals surface area contributed by atoms with Crippen molar-refractivity contribution in [3.05, 3.63) is 52.0 Å². The molecular formula is C17H25Cl2N3OS. The molecule has 1 heterocycles. The minimum absolute atomic E-state index is 0. The predicted molar refractivity (Wildman–Crippen MR) is 106 cm³/mol. The van der Waals surface area contributed by atoms with Crippen molar-refractivity contribution in [3.63, 3.8) is 0 Å². The number of rotatable bonds is 7. The smallest absolute Gasteiger partial charge is 0.273 e. The summed E-state index contributed by atoms with van der Waals surface area (Å²) in [5.74, 6) is 0.332. The van der Waals surface area contributed by atoms with Crippen molar-refractivity contribution < 1.29 is 4.79 Å². The molecule has 4 nitrogen and oxygen atoms in total. The molecule has 134 valence electrons. The van der Waals surface area contributed by atoms with Crippen molar-refractivity contribution in [1.82, 2.24) is 9.88 Å². The molecule has 0 saturated heterocycles. The van der Waals surface area contributed by atoms with Gasteiger partial charge in [-0.1, -0.05) is 44.2 Å². The van der Waals surface area contributed by atoms with Crippen LogP contribution in [0.25, 0.3) is 0 Å². The Balaban J connectivity index is 0.00000264. The number of carbonyl (C=O) groups is 1. The number of nitrogens with zero attached hydrogens (tertiary/aromatic N) is 2. The minimum atomic E-state index is -0.0135. The van der Waals surface area contributed by atoms with Crippen LogP contribution in [0.1, 0.15) is 47.2 Å². The number of hydrogen-bond acceptors (Lipinski definition) is 4. The van der Waals surface area contributed by atoms with E-state index in [-0.39, 0.29) is 30.7 Å². The summed E-state index contributed by atoms with van der Waals surface area (Å²) < 4.78 is 0. The van der Waals surface area contributed by atoms with Gasteiger partial charge in [-0.3, -0.25) is 4.79 Å². The molecule has 1 aromatic heterocycles. The van der Waals surface area contributed by atoms with Crippen LogP contribution in [0, 0.1) is 0 Å². The molecule has 2 rings (SSSR count). The molecule has 0 bridgehead atoms. The Morgan fingerprint density at radius 3 is 2.46 bits per heavy atom. The normalized spacial score (nSPS) is 10.0. The highest BCUT2D eigenvalue weighted by molar-refractivity contribution is 7.09. The SMILES string of the molecule is CC(C)c1nc(C(=O)N(CCCN)Cc2ccccc2)cs1.Cl.Cl. The zero-order valence-corrected chi connectivity index (χ0v) is 16.4. The second kappa shape index (κ2) is 11.4. The van der Waals surface area contributed by atoms with Crippen LogP contribution in [-0.2, 0) is 6.54 Å². The number of amides is 1. The third-order valence-electron chi connectivity index (χ3n) is 3.37. The van der Waals surface area contributed by atoms with E-state index in [1.807, 2.05) is 40.6 Å². The molecule has 0 atom stereocenters. The molecule has 2 aromatic rings. The molecule has 0 unspecified atom stereocenters. The van der Waals surface area contributed by atoms with E-state index in [0.717, 1.165) is 17.0 Å². The first-order valence-electron chi connectivity index (χ1n) is 7.60. The summed E-state index contributed by atoms with van der Waals surface area (Å²) in [6.45, 7) is 5.99. The van der Waals surface area contributed by atoms with Gasteiger partial charge in [-0.25, -0.2) is 4.98 Å². The lowest BCUT2D eigenvalue weighted by Gasteiger charge is -2.21. The number of benzene rings is 1. The van der Waals surface area contributed by atoms with E-state index in [1.54, 1.807) is 11.3 Å². The molecule has 0 spiro atoms. The summed E-state index contributed by atoms with van der Waals surface area (Å²) in [7, 11) is 0. The summed E-state index contributed by atoms with van der Waals surface area (Å²) in [6.07, 6.45) is 0.791. The monoisotopic (exact) mass is 389 g/mol. The van der Waals surface area contributed by atoms with Crippen molar-refractivity contribution in [2.75, 3.05) is 13.1 Å². The van der Waals surface area contributed by atoms with Gasteiger partial charge in [0.2, 0.25) is 0 Å². The van der Waals surface area contributed by atoms with E-state index >= 15 is 0 Å². The minimum Gasteiger partial charge on any atom is -0.333 e. The summed E-state index contributed by atoms with van der Waals surface area (Å²) in [6, 6.07) is 10.0. The van der Waals surface area contributed by atoms with Gasteiger partial charge in [0.25, 0.3) is 5.91 Å². The number of thiazole rings is 1. The molecule has 1 amide bonds. The van der Waals surface area contributed by atoms with Crippen molar-refractivity contribution >= 4 is 42.1 Å². The topological polar surface area (TPSA) is 59.2 Å². The molecular weight excluding hydrogens is 365 g/mol. The fraction of sp³-hybridized carbons (Fsp3) is 0.412. The molecule has 24 heavy (non-hydrogen) atoms. The van der Waals surface area contributed by atoms with Crippen molar-refractivity contribution in [1.29, 1.82) is 0 Å². The highest BCUT2D eigenvalue weighted by Crippen LogP contribution is 2.20. The van der Waals surface area contributed by atoms with E-state index in [2.05, 4.69) is 18.8 Å². The van der Waals surface area contributed by atoms with Gasteiger partial charge in [0.1, 0.15) is 5.69 Å². The summed E-state index contributed by atoms with van der Waals surface area (Å²) in [4.78, 5) is 19.0. The summed E-state index contributed by atoms with van der Waals surface area (Å²) >= 11 is 1.55. The molecule has 0 fully saturated rings. The Hall–Kier alpha value is -1.14. The highest BCUT2D eigenvalue weighted by Gasteiger charge is 2.19. The average Bonchev–Trinajstić information content (AvgIpc) is 3.02. The van der Waals surface area contributed by atoms with E-state index in [0.29, 0.717) is 31.2 Å². The quantitative estimate of drug-likeness (QED) is 0.774. The van der Waals surface area contributed by atoms with Gasteiger partial charge in [-0.05, 0) is 18.5 Å². The van der Waals surface area contributed by atoms with Crippen LogP contribution in [0.5, 0.6) is 0 Å². The molecule has 1 aromatic carbocycles. The third-order valence-corrected chi connectivity index (χ3v) is 4.52. The van der Waals surface area contributed by atoms with Gasteiger partial charge in [-0.15, -0.1) is 36.2 Å². The van der Waals surface area contributed by atoms with Crippen LogP contribution in [0.15, 0.2) is 35.7 Å². The van der Waals surface area contributed by atoms with Crippen LogP contribution >= 0.6 is 36.2 Å².